The van der Waals surface area contributed by atoms with Crippen molar-refractivity contribution in [2.45, 2.75) is 18.7 Å². The third kappa shape index (κ3) is 2.81. The van der Waals surface area contributed by atoms with Crippen molar-refractivity contribution in [3.8, 4) is 0 Å². The lowest BCUT2D eigenvalue weighted by atomic mass is 10.2. The number of hydrogen-bond donors (Lipinski definition) is 3. The van der Waals surface area contributed by atoms with Gasteiger partial charge in [0.25, 0.3) is 10.0 Å². The van der Waals surface area contributed by atoms with Gasteiger partial charge in [0.15, 0.2) is 0 Å². The summed E-state index contributed by atoms with van der Waals surface area (Å²) in [6.45, 7) is 3.46. The molecule has 1 aromatic heterocycles. The minimum atomic E-state index is -3.66. The Morgan fingerprint density at radius 2 is 1.90 bits per heavy atom. The Kier molecular flexibility index (Phi) is 3.78. The van der Waals surface area contributed by atoms with Crippen molar-refractivity contribution in [2.75, 3.05) is 4.72 Å². The van der Waals surface area contributed by atoms with Crippen molar-refractivity contribution >= 4 is 32.9 Å². The number of aromatic amines is 1. The van der Waals surface area contributed by atoms with Crippen LogP contribution >= 0.6 is 12.2 Å². The summed E-state index contributed by atoms with van der Waals surface area (Å²) in [7, 11) is -3.66. The molecule has 0 saturated carbocycles. The summed E-state index contributed by atoms with van der Waals surface area (Å²) >= 11 is 4.83. The number of anilines is 1. The van der Waals surface area contributed by atoms with Gasteiger partial charge in [-0.1, -0.05) is 24.4 Å². The van der Waals surface area contributed by atoms with Gasteiger partial charge in [0.1, 0.15) is 4.99 Å². The molecule has 1 heterocycles. The Morgan fingerprint density at radius 1 is 1.30 bits per heavy atom. The first-order valence-corrected chi connectivity index (χ1v) is 7.64. The van der Waals surface area contributed by atoms with Crippen molar-refractivity contribution in [3.05, 3.63) is 41.2 Å². The summed E-state index contributed by atoms with van der Waals surface area (Å²) in [4.78, 5) is 0.362. The van der Waals surface area contributed by atoms with E-state index < -0.39 is 10.0 Å². The molecule has 0 spiro atoms. The Hall–Kier alpha value is -1.93. The van der Waals surface area contributed by atoms with Crippen LogP contribution in [-0.4, -0.2) is 23.6 Å². The van der Waals surface area contributed by atoms with Crippen molar-refractivity contribution in [2.24, 2.45) is 5.73 Å². The fraction of sp³-hybridized carbons (Fsp3) is 0.167. The van der Waals surface area contributed by atoms with Crippen molar-refractivity contribution in [1.29, 1.82) is 0 Å². The predicted octanol–water partition coefficient (Wildman–Crippen LogP) is 1.46. The highest BCUT2D eigenvalue weighted by molar-refractivity contribution is 7.92. The predicted molar refractivity (Wildman–Crippen MR) is 81.2 cm³/mol. The molecule has 0 atom stereocenters. The first kappa shape index (κ1) is 14.5. The second-order valence-corrected chi connectivity index (χ2v) is 6.43. The lowest BCUT2D eigenvalue weighted by molar-refractivity contribution is 0.601. The SMILES string of the molecule is Cc1n[nH]c(C)c1NS(=O)(=O)c1ccc(C(N)=S)cc1. The standard InChI is InChI=1S/C12H14N4O2S2/c1-7-11(8(2)15-14-7)16-20(17,18)10-5-3-9(4-6-10)12(13)19/h3-6,16H,1-2H3,(H2,13,19)(H,14,15). The van der Waals surface area contributed by atoms with Crippen LogP contribution in [0.25, 0.3) is 0 Å². The van der Waals surface area contributed by atoms with Crippen LogP contribution < -0.4 is 10.5 Å². The average molecular weight is 310 g/mol. The number of nitrogens with two attached hydrogens (primary N) is 1. The molecule has 2 aromatic rings. The Bertz CT molecular complexity index is 729. The number of nitrogens with one attached hydrogen (secondary N) is 2. The molecule has 106 valence electrons. The summed E-state index contributed by atoms with van der Waals surface area (Å²) in [5, 5.41) is 6.67. The van der Waals surface area contributed by atoms with E-state index in [1.807, 2.05) is 0 Å². The number of H-pyrrole nitrogens is 1. The number of aromatic nitrogens is 2. The molecule has 4 N–H and O–H groups in total. The molecular weight excluding hydrogens is 296 g/mol. The lowest BCUT2D eigenvalue weighted by Crippen LogP contribution is -2.15. The summed E-state index contributed by atoms with van der Waals surface area (Å²) in [5.41, 5.74) is 7.80. The van der Waals surface area contributed by atoms with Gasteiger partial charge >= 0.3 is 0 Å². The number of benzene rings is 1. The Labute approximate surface area is 122 Å². The molecule has 2 rings (SSSR count). The van der Waals surface area contributed by atoms with E-state index in [9.17, 15) is 8.42 Å². The molecule has 20 heavy (non-hydrogen) atoms. The Morgan fingerprint density at radius 3 is 2.35 bits per heavy atom. The number of aryl methyl sites for hydroxylation is 2. The van der Waals surface area contributed by atoms with Crippen LogP contribution in [0.1, 0.15) is 17.0 Å². The first-order chi connectivity index (χ1) is 9.31. The third-order valence-electron chi connectivity index (χ3n) is 2.81. The molecule has 0 aliphatic rings. The zero-order valence-corrected chi connectivity index (χ0v) is 12.6. The zero-order valence-electron chi connectivity index (χ0n) is 11.0. The monoisotopic (exact) mass is 310 g/mol. The van der Waals surface area contributed by atoms with Gasteiger partial charge in [0.2, 0.25) is 0 Å². The number of rotatable bonds is 4. The van der Waals surface area contributed by atoms with Crippen molar-refractivity contribution in [1.82, 2.24) is 10.2 Å². The van der Waals surface area contributed by atoms with Crippen molar-refractivity contribution < 1.29 is 8.42 Å². The third-order valence-corrected chi connectivity index (χ3v) is 4.42. The summed E-state index contributed by atoms with van der Waals surface area (Å²) < 4.78 is 27.1. The summed E-state index contributed by atoms with van der Waals surface area (Å²) in [6.07, 6.45) is 0. The molecule has 0 radical (unpaired) electrons. The van der Waals surface area contributed by atoms with E-state index in [0.717, 1.165) is 0 Å². The van der Waals surface area contributed by atoms with Crippen LogP contribution in [-0.2, 0) is 10.0 Å². The highest BCUT2D eigenvalue weighted by Gasteiger charge is 2.18. The van der Waals surface area contributed by atoms with Gasteiger partial charge in [0, 0.05) is 5.56 Å². The fourth-order valence-electron chi connectivity index (χ4n) is 1.69. The van der Waals surface area contributed by atoms with Gasteiger partial charge in [-0.25, -0.2) is 8.42 Å². The van der Waals surface area contributed by atoms with Crippen molar-refractivity contribution in [3.63, 3.8) is 0 Å². The van der Waals surface area contributed by atoms with Crippen LogP contribution in [0, 0.1) is 13.8 Å². The maximum atomic E-state index is 12.3. The van der Waals surface area contributed by atoms with Crippen LogP contribution in [0.5, 0.6) is 0 Å². The highest BCUT2D eigenvalue weighted by atomic mass is 32.2. The van der Waals surface area contributed by atoms with E-state index in [4.69, 9.17) is 18.0 Å². The van der Waals surface area contributed by atoms with Crippen LogP contribution in [0.2, 0.25) is 0 Å². The molecule has 0 saturated heterocycles. The maximum absolute atomic E-state index is 12.3. The molecule has 0 aliphatic carbocycles. The molecule has 0 unspecified atom stereocenters. The number of hydrogen-bond acceptors (Lipinski definition) is 4. The molecule has 0 aliphatic heterocycles. The van der Waals surface area contributed by atoms with Gasteiger partial charge in [-0.05, 0) is 26.0 Å². The summed E-state index contributed by atoms with van der Waals surface area (Å²) in [5.74, 6) is 0. The van der Waals surface area contributed by atoms with E-state index in [0.29, 0.717) is 22.6 Å². The van der Waals surface area contributed by atoms with Crippen LogP contribution in [0.15, 0.2) is 29.2 Å². The van der Waals surface area contributed by atoms with Gasteiger partial charge < -0.3 is 5.73 Å². The second kappa shape index (κ2) is 5.22. The maximum Gasteiger partial charge on any atom is 0.262 e. The van der Waals surface area contributed by atoms with Gasteiger partial charge in [0.05, 0.1) is 22.0 Å². The normalized spacial score (nSPS) is 11.3. The second-order valence-electron chi connectivity index (χ2n) is 4.30. The largest absolute Gasteiger partial charge is 0.389 e. The minimum absolute atomic E-state index is 0.137. The molecular formula is C12H14N4O2S2. The number of sulfonamides is 1. The summed E-state index contributed by atoms with van der Waals surface area (Å²) in [6, 6.07) is 6.07. The van der Waals surface area contributed by atoms with Gasteiger partial charge in [-0.2, -0.15) is 5.10 Å². The fourth-order valence-corrected chi connectivity index (χ4v) is 3.01. The first-order valence-electron chi connectivity index (χ1n) is 5.75. The van der Waals surface area contributed by atoms with E-state index in [2.05, 4.69) is 14.9 Å². The molecule has 0 fully saturated rings. The average Bonchev–Trinajstić information content (AvgIpc) is 2.70. The smallest absolute Gasteiger partial charge is 0.262 e. The van der Waals surface area contributed by atoms with Crippen LogP contribution in [0.4, 0.5) is 5.69 Å². The Balaban J connectivity index is 2.33. The van der Waals surface area contributed by atoms with E-state index in [1.54, 1.807) is 26.0 Å². The van der Waals surface area contributed by atoms with Gasteiger partial charge in [-0.15, -0.1) is 0 Å². The van der Waals surface area contributed by atoms with E-state index in [1.165, 1.54) is 12.1 Å². The molecule has 0 amide bonds. The molecule has 8 heteroatoms. The van der Waals surface area contributed by atoms with Crippen LogP contribution in [0.3, 0.4) is 0 Å². The quantitative estimate of drug-likeness (QED) is 0.742. The highest BCUT2D eigenvalue weighted by Crippen LogP contribution is 2.21. The molecule has 1 aromatic carbocycles. The topological polar surface area (TPSA) is 101 Å². The van der Waals surface area contributed by atoms with Gasteiger partial charge in [-0.3, -0.25) is 9.82 Å². The molecule has 6 nitrogen and oxygen atoms in total. The molecule has 0 bridgehead atoms. The van der Waals surface area contributed by atoms with E-state index >= 15 is 0 Å². The van der Waals surface area contributed by atoms with E-state index in [-0.39, 0.29) is 9.88 Å². The lowest BCUT2D eigenvalue weighted by Gasteiger charge is -2.08. The number of nitrogens with zero attached hydrogens (tertiary/aromatic N) is 1. The number of thiocarbonyl (C=S) groups is 1. The minimum Gasteiger partial charge on any atom is -0.389 e. The zero-order chi connectivity index (χ0) is 14.9.